The van der Waals surface area contributed by atoms with Crippen LogP contribution in [0.3, 0.4) is 0 Å². The van der Waals surface area contributed by atoms with Crippen molar-refractivity contribution in [3.8, 4) is 5.75 Å². The predicted molar refractivity (Wildman–Crippen MR) is 67.5 cm³/mol. The number of ether oxygens (including phenoxy) is 2. The Hall–Kier alpha value is -1.71. The number of benzene rings is 1. The van der Waals surface area contributed by atoms with Crippen molar-refractivity contribution in [3.05, 3.63) is 24.3 Å². The van der Waals surface area contributed by atoms with Crippen LogP contribution in [0.5, 0.6) is 5.75 Å². The third-order valence-electron chi connectivity index (χ3n) is 2.14. The van der Waals surface area contributed by atoms with Crippen molar-refractivity contribution in [1.82, 2.24) is 0 Å². The van der Waals surface area contributed by atoms with Gasteiger partial charge < -0.3 is 9.47 Å². The average molecular weight is 237 g/mol. The SMILES string of the molecule is CCCCOc1ccc(NC(=O)OCC)cc1. The predicted octanol–water partition coefficient (Wildman–Crippen LogP) is 3.43. The zero-order valence-corrected chi connectivity index (χ0v) is 10.4. The molecule has 0 saturated carbocycles. The second-order valence-electron chi connectivity index (χ2n) is 3.57. The molecule has 0 aliphatic rings. The highest BCUT2D eigenvalue weighted by molar-refractivity contribution is 5.84. The highest BCUT2D eigenvalue weighted by atomic mass is 16.5. The summed E-state index contributed by atoms with van der Waals surface area (Å²) in [6, 6.07) is 7.24. The maximum Gasteiger partial charge on any atom is 0.411 e. The van der Waals surface area contributed by atoms with Crippen molar-refractivity contribution in [2.75, 3.05) is 18.5 Å². The van der Waals surface area contributed by atoms with Gasteiger partial charge in [0.05, 0.1) is 13.2 Å². The van der Waals surface area contributed by atoms with E-state index in [-0.39, 0.29) is 0 Å². The van der Waals surface area contributed by atoms with Crippen molar-refractivity contribution in [1.29, 1.82) is 0 Å². The lowest BCUT2D eigenvalue weighted by Crippen LogP contribution is -2.13. The van der Waals surface area contributed by atoms with Gasteiger partial charge in [0, 0.05) is 5.69 Å². The number of rotatable bonds is 6. The molecule has 1 aromatic carbocycles. The first-order valence-corrected chi connectivity index (χ1v) is 5.93. The van der Waals surface area contributed by atoms with E-state index in [0.717, 1.165) is 25.2 Å². The molecule has 0 unspecified atom stereocenters. The Labute approximate surface area is 102 Å². The molecule has 4 nitrogen and oxygen atoms in total. The number of unbranched alkanes of at least 4 members (excludes halogenated alkanes) is 1. The van der Waals surface area contributed by atoms with Crippen LogP contribution in [0.25, 0.3) is 0 Å². The molecule has 1 rings (SSSR count). The zero-order valence-electron chi connectivity index (χ0n) is 10.4. The lowest BCUT2D eigenvalue weighted by atomic mass is 10.3. The second kappa shape index (κ2) is 7.54. The van der Waals surface area contributed by atoms with Crippen LogP contribution in [0.15, 0.2) is 24.3 Å². The summed E-state index contributed by atoms with van der Waals surface area (Å²) in [6.45, 7) is 4.98. The fraction of sp³-hybridized carbons (Fsp3) is 0.462. The van der Waals surface area contributed by atoms with Crippen LogP contribution in [0, 0.1) is 0 Å². The number of anilines is 1. The van der Waals surface area contributed by atoms with Gasteiger partial charge in [-0.05, 0) is 37.6 Å². The quantitative estimate of drug-likeness (QED) is 0.771. The van der Waals surface area contributed by atoms with Crippen LogP contribution in [-0.2, 0) is 4.74 Å². The number of hydrogen-bond donors (Lipinski definition) is 1. The van der Waals surface area contributed by atoms with E-state index in [1.165, 1.54) is 0 Å². The molecule has 0 aliphatic carbocycles. The first kappa shape index (κ1) is 13.4. The Bertz CT molecular complexity index is 335. The van der Waals surface area contributed by atoms with Crippen molar-refractivity contribution in [2.24, 2.45) is 0 Å². The van der Waals surface area contributed by atoms with E-state index >= 15 is 0 Å². The summed E-state index contributed by atoms with van der Waals surface area (Å²) in [6.07, 6.45) is 1.72. The minimum Gasteiger partial charge on any atom is -0.494 e. The van der Waals surface area contributed by atoms with E-state index in [2.05, 4.69) is 12.2 Å². The van der Waals surface area contributed by atoms with Crippen LogP contribution in [0.4, 0.5) is 10.5 Å². The summed E-state index contributed by atoms with van der Waals surface area (Å²) in [5, 5.41) is 2.62. The summed E-state index contributed by atoms with van der Waals surface area (Å²) in [4.78, 5) is 11.1. The van der Waals surface area contributed by atoms with Crippen molar-refractivity contribution < 1.29 is 14.3 Å². The molecule has 0 aliphatic heterocycles. The molecule has 4 heteroatoms. The standard InChI is InChI=1S/C13H19NO3/c1-3-5-10-17-12-8-6-11(7-9-12)14-13(15)16-4-2/h6-9H,3-5,10H2,1-2H3,(H,14,15). The smallest absolute Gasteiger partial charge is 0.411 e. The largest absolute Gasteiger partial charge is 0.494 e. The van der Waals surface area contributed by atoms with E-state index in [0.29, 0.717) is 12.3 Å². The summed E-state index contributed by atoms with van der Waals surface area (Å²) < 4.78 is 10.3. The van der Waals surface area contributed by atoms with Gasteiger partial charge in [0.2, 0.25) is 0 Å². The Morgan fingerprint density at radius 1 is 1.24 bits per heavy atom. The van der Waals surface area contributed by atoms with Gasteiger partial charge in [0.1, 0.15) is 5.75 Å². The van der Waals surface area contributed by atoms with E-state index < -0.39 is 6.09 Å². The minimum atomic E-state index is -0.438. The van der Waals surface area contributed by atoms with Crippen LogP contribution in [0.2, 0.25) is 0 Å². The molecule has 1 N–H and O–H groups in total. The fourth-order valence-corrected chi connectivity index (χ4v) is 1.25. The van der Waals surface area contributed by atoms with Crippen LogP contribution in [-0.4, -0.2) is 19.3 Å². The molecule has 0 bridgehead atoms. The van der Waals surface area contributed by atoms with E-state index in [9.17, 15) is 4.79 Å². The van der Waals surface area contributed by atoms with Crippen LogP contribution in [0.1, 0.15) is 26.7 Å². The molecule has 0 radical (unpaired) electrons. The second-order valence-corrected chi connectivity index (χ2v) is 3.57. The topological polar surface area (TPSA) is 47.6 Å². The Morgan fingerprint density at radius 3 is 2.53 bits per heavy atom. The summed E-state index contributed by atoms with van der Waals surface area (Å²) in [5.74, 6) is 0.813. The monoisotopic (exact) mass is 237 g/mol. The molecule has 0 aromatic heterocycles. The maximum atomic E-state index is 11.1. The molecule has 0 atom stereocenters. The molecule has 1 aromatic rings. The van der Waals surface area contributed by atoms with Crippen LogP contribution < -0.4 is 10.1 Å². The van der Waals surface area contributed by atoms with E-state index in [1.54, 1.807) is 19.1 Å². The van der Waals surface area contributed by atoms with Gasteiger partial charge in [0.25, 0.3) is 0 Å². The molecule has 0 spiro atoms. The van der Waals surface area contributed by atoms with E-state index in [1.807, 2.05) is 12.1 Å². The fourth-order valence-electron chi connectivity index (χ4n) is 1.25. The first-order valence-electron chi connectivity index (χ1n) is 5.93. The van der Waals surface area contributed by atoms with Crippen molar-refractivity contribution >= 4 is 11.8 Å². The molecule has 0 fully saturated rings. The molecule has 0 saturated heterocycles. The number of carbonyl (C=O) groups is 1. The van der Waals surface area contributed by atoms with Gasteiger partial charge in [-0.2, -0.15) is 0 Å². The van der Waals surface area contributed by atoms with Gasteiger partial charge in [-0.15, -0.1) is 0 Å². The van der Waals surface area contributed by atoms with Gasteiger partial charge in [0.15, 0.2) is 0 Å². The average Bonchev–Trinajstić information content (AvgIpc) is 2.32. The Morgan fingerprint density at radius 2 is 1.94 bits per heavy atom. The number of nitrogens with one attached hydrogen (secondary N) is 1. The van der Waals surface area contributed by atoms with Crippen molar-refractivity contribution in [2.45, 2.75) is 26.7 Å². The lowest BCUT2D eigenvalue weighted by Gasteiger charge is -2.07. The normalized spacial score (nSPS) is 9.76. The molecule has 94 valence electrons. The third kappa shape index (κ3) is 5.24. The minimum absolute atomic E-state index is 0.365. The zero-order chi connectivity index (χ0) is 12.5. The van der Waals surface area contributed by atoms with E-state index in [4.69, 9.17) is 9.47 Å². The Balaban J connectivity index is 2.41. The van der Waals surface area contributed by atoms with Crippen LogP contribution >= 0.6 is 0 Å². The third-order valence-corrected chi connectivity index (χ3v) is 2.14. The summed E-state index contributed by atoms with van der Waals surface area (Å²) in [7, 11) is 0. The van der Waals surface area contributed by atoms with Gasteiger partial charge in [-0.3, -0.25) is 5.32 Å². The van der Waals surface area contributed by atoms with Gasteiger partial charge in [-0.1, -0.05) is 13.3 Å². The van der Waals surface area contributed by atoms with Gasteiger partial charge in [-0.25, -0.2) is 4.79 Å². The number of carbonyl (C=O) groups excluding carboxylic acids is 1. The molecular weight excluding hydrogens is 218 g/mol. The number of amides is 1. The Kier molecular flexibility index (Phi) is 5.93. The van der Waals surface area contributed by atoms with Gasteiger partial charge >= 0.3 is 6.09 Å². The first-order chi connectivity index (χ1) is 8.26. The highest BCUT2D eigenvalue weighted by Gasteiger charge is 2.01. The van der Waals surface area contributed by atoms with Crippen molar-refractivity contribution in [3.63, 3.8) is 0 Å². The molecular formula is C13H19NO3. The maximum absolute atomic E-state index is 11.1. The molecule has 17 heavy (non-hydrogen) atoms. The molecule has 0 heterocycles. The highest BCUT2D eigenvalue weighted by Crippen LogP contribution is 2.16. The number of hydrogen-bond acceptors (Lipinski definition) is 3. The summed E-state index contributed by atoms with van der Waals surface area (Å²) in [5.41, 5.74) is 0.700. The lowest BCUT2D eigenvalue weighted by molar-refractivity contribution is 0.168. The summed E-state index contributed by atoms with van der Waals surface area (Å²) >= 11 is 0. The molecule has 1 amide bonds.